The molecule has 0 unspecified atom stereocenters. The maximum Gasteiger partial charge on any atom is 0.289 e. The van der Waals surface area contributed by atoms with E-state index in [0.29, 0.717) is 5.52 Å². The van der Waals surface area contributed by atoms with Crippen LogP contribution < -0.4 is 0 Å². The highest BCUT2D eigenvalue weighted by Crippen LogP contribution is 2.30. The van der Waals surface area contributed by atoms with Crippen molar-refractivity contribution in [3.05, 3.63) is 17.0 Å². The molecule has 9 heteroatoms. The van der Waals surface area contributed by atoms with Gasteiger partial charge >= 0.3 is 0 Å². The Morgan fingerprint density at radius 3 is 3.11 bits per heavy atom. The number of rotatable bonds is 2. The number of hydrogen-bond acceptors (Lipinski definition) is 6. The number of ether oxygens (including phenoxy) is 1. The number of nitrogens with zero attached hydrogens (tertiary/aromatic N) is 3. The molecule has 3 N–H and O–H groups in total. The number of fused-ring (bicyclic) bond motifs is 1. The van der Waals surface area contributed by atoms with Crippen LogP contribution in [0.25, 0.3) is 11.2 Å². The van der Waals surface area contributed by atoms with Crippen molar-refractivity contribution in [1.82, 2.24) is 19.5 Å². The molecule has 0 spiro atoms. The second-order valence-corrected chi connectivity index (χ2v) is 4.70. The van der Waals surface area contributed by atoms with Gasteiger partial charge in [-0.15, -0.1) is 0 Å². The molecule has 102 valence electrons. The lowest BCUT2D eigenvalue weighted by Crippen LogP contribution is -2.24. The van der Waals surface area contributed by atoms with Gasteiger partial charge < -0.3 is 19.9 Å². The van der Waals surface area contributed by atoms with Crippen LogP contribution in [-0.4, -0.2) is 48.5 Å². The van der Waals surface area contributed by atoms with Gasteiger partial charge in [0, 0.05) is 6.42 Å². The van der Waals surface area contributed by atoms with Gasteiger partial charge in [0.1, 0.15) is 22.5 Å². The molecule has 1 aliphatic heterocycles. The van der Waals surface area contributed by atoms with Crippen LogP contribution in [0.3, 0.4) is 0 Å². The molecule has 0 amide bonds. The lowest BCUT2D eigenvalue weighted by molar-refractivity contribution is -0.0432. The quantitative estimate of drug-likeness (QED) is 0.541. The molecule has 0 radical (unpaired) electrons. The zero-order valence-corrected chi connectivity index (χ0v) is 10.5. The van der Waals surface area contributed by atoms with Gasteiger partial charge in [-0.1, -0.05) is 12.2 Å². The molecule has 0 aliphatic carbocycles. The number of hydrogen-bond donors (Lipinski definition) is 3. The fourth-order valence-corrected chi connectivity index (χ4v) is 2.39. The Kier molecular flexibility index (Phi) is 3.05. The Labute approximate surface area is 111 Å². The average Bonchev–Trinajstić information content (AvgIpc) is 2.92. The number of nitrogens with one attached hydrogen (secondary N) is 1. The summed E-state index contributed by atoms with van der Waals surface area (Å²) in [5.41, 5.74) is 0.610. The summed E-state index contributed by atoms with van der Waals surface area (Å²) in [5.74, 6) is 0. The van der Waals surface area contributed by atoms with Gasteiger partial charge in [0.15, 0.2) is 5.65 Å². The van der Waals surface area contributed by atoms with Gasteiger partial charge in [-0.2, -0.15) is 9.37 Å². The molecule has 0 aromatic carbocycles. The first-order chi connectivity index (χ1) is 9.10. The number of aromatic amines is 1. The van der Waals surface area contributed by atoms with Crippen molar-refractivity contribution in [2.75, 3.05) is 6.61 Å². The van der Waals surface area contributed by atoms with Crippen LogP contribution in [-0.2, 0) is 4.74 Å². The summed E-state index contributed by atoms with van der Waals surface area (Å²) in [6, 6.07) is 0. The molecule has 0 bridgehead atoms. The number of aliphatic hydroxyl groups is 2. The van der Waals surface area contributed by atoms with E-state index in [0.717, 1.165) is 0 Å². The van der Waals surface area contributed by atoms with Crippen molar-refractivity contribution in [2.24, 2.45) is 0 Å². The molecule has 19 heavy (non-hydrogen) atoms. The minimum Gasteiger partial charge on any atom is -0.394 e. The topological polar surface area (TPSA) is 96.2 Å². The zero-order chi connectivity index (χ0) is 13.6. The van der Waals surface area contributed by atoms with E-state index in [1.165, 1.54) is 10.9 Å². The van der Waals surface area contributed by atoms with E-state index < -0.39 is 24.5 Å². The summed E-state index contributed by atoms with van der Waals surface area (Å²) in [6.07, 6.45) is -1.11. The largest absolute Gasteiger partial charge is 0.394 e. The number of aromatic nitrogens is 4. The molecular formula is C10H11FN4O3S. The first-order valence-electron chi connectivity index (χ1n) is 5.67. The molecule has 7 nitrogen and oxygen atoms in total. The van der Waals surface area contributed by atoms with Gasteiger partial charge in [0.25, 0.3) is 6.08 Å². The second-order valence-electron chi connectivity index (χ2n) is 4.30. The van der Waals surface area contributed by atoms with E-state index in [-0.39, 0.29) is 23.3 Å². The molecule has 1 aliphatic rings. The Bertz CT molecular complexity index is 672. The number of halogens is 1. The van der Waals surface area contributed by atoms with E-state index in [1.807, 2.05) is 0 Å². The van der Waals surface area contributed by atoms with E-state index in [4.69, 9.17) is 22.1 Å². The smallest absolute Gasteiger partial charge is 0.289 e. The first kappa shape index (κ1) is 12.6. The lowest BCUT2D eigenvalue weighted by atomic mass is 10.2. The Morgan fingerprint density at radius 1 is 1.63 bits per heavy atom. The van der Waals surface area contributed by atoms with E-state index in [1.54, 1.807) is 0 Å². The summed E-state index contributed by atoms with van der Waals surface area (Å²) in [6.45, 7) is -0.286. The Hall–Kier alpha value is -1.42. The summed E-state index contributed by atoms with van der Waals surface area (Å²) in [7, 11) is 0. The third kappa shape index (κ3) is 2.04. The average molecular weight is 286 g/mol. The fourth-order valence-electron chi connectivity index (χ4n) is 2.16. The SMILES string of the molecule is OC[C@@H]1O[C@@H](n2cnc3c(=S)[nH]c(F)nc32)C[C@H]1O. The van der Waals surface area contributed by atoms with Crippen LogP contribution in [0.1, 0.15) is 12.6 Å². The van der Waals surface area contributed by atoms with Gasteiger partial charge in [0.2, 0.25) is 0 Å². The maximum absolute atomic E-state index is 13.3. The predicted octanol–water partition coefficient (Wildman–Crippen LogP) is 0.269. The van der Waals surface area contributed by atoms with Crippen molar-refractivity contribution in [3.63, 3.8) is 0 Å². The fraction of sp³-hybridized carbons (Fsp3) is 0.500. The highest BCUT2D eigenvalue weighted by atomic mass is 32.1. The highest BCUT2D eigenvalue weighted by molar-refractivity contribution is 7.71. The predicted molar refractivity (Wildman–Crippen MR) is 64.3 cm³/mol. The van der Waals surface area contributed by atoms with Crippen molar-refractivity contribution >= 4 is 23.4 Å². The van der Waals surface area contributed by atoms with Crippen LogP contribution >= 0.6 is 12.2 Å². The van der Waals surface area contributed by atoms with E-state index in [9.17, 15) is 9.50 Å². The van der Waals surface area contributed by atoms with Gasteiger partial charge in [-0.05, 0) is 0 Å². The normalized spacial score (nSPS) is 27.2. The zero-order valence-electron chi connectivity index (χ0n) is 9.65. The van der Waals surface area contributed by atoms with Gasteiger partial charge in [-0.3, -0.25) is 4.57 Å². The van der Waals surface area contributed by atoms with Crippen molar-refractivity contribution in [1.29, 1.82) is 0 Å². The molecule has 0 saturated carbocycles. The number of aliphatic hydroxyl groups excluding tert-OH is 2. The molecule has 3 heterocycles. The van der Waals surface area contributed by atoms with Crippen molar-refractivity contribution < 1.29 is 19.3 Å². The summed E-state index contributed by atoms with van der Waals surface area (Å²) in [5, 5.41) is 18.7. The number of H-pyrrole nitrogens is 1. The summed E-state index contributed by atoms with van der Waals surface area (Å²) in [4.78, 5) is 10.0. The minimum absolute atomic E-state index is 0.151. The van der Waals surface area contributed by atoms with Crippen LogP contribution in [0.4, 0.5) is 4.39 Å². The molecule has 1 saturated heterocycles. The monoisotopic (exact) mass is 286 g/mol. The molecule has 3 rings (SSSR count). The third-order valence-electron chi connectivity index (χ3n) is 3.10. The van der Waals surface area contributed by atoms with Crippen LogP contribution in [0.2, 0.25) is 0 Å². The molecular weight excluding hydrogens is 275 g/mol. The summed E-state index contributed by atoms with van der Waals surface area (Å²) < 4.78 is 20.4. The van der Waals surface area contributed by atoms with Crippen LogP contribution in [0.5, 0.6) is 0 Å². The van der Waals surface area contributed by atoms with E-state index in [2.05, 4.69) is 15.0 Å². The second kappa shape index (κ2) is 4.60. The minimum atomic E-state index is -0.809. The van der Waals surface area contributed by atoms with Crippen LogP contribution in [0.15, 0.2) is 6.33 Å². The standard InChI is InChI=1S/C10H11FN4O3S/c11-10-13-8-7(9(19)14-10)12-3-15(8)6-1-4(17)5(2-16)18-6/h3-6,16-17H,1-2H2,(H,13,14,19)/t4-,5+,6-/m1/s1. The molecule has 2 aromatic rings. The molecule has 3 atom stereocenters. The van der Waals surface area contributed by atoms with Gasteiger partial charge in [0.05, 0.1) is 19.0 Å². The van der Waals surface area contributed by atoms with Crippen molar-refractivity contribution in [3.8, 4) is 0 Å². The molecule has 2 aromatic heterocycles. The summed E-state index contributed by atoms with van der Waals surface area (Å²) >= 11 is 4.96. The third-order valence-corrected chi connectivity index (χ3v) is 3.39. The molecule has 1 fully saturated rings. The Morgan fingerprint density at radius 2 is 2.42 bits per heavy atom. The highest BCUT2D eigenvalue weighted by Gasteiger charge is 2.35. The number of imidazole rings is 1. The van der Waals surface area contributed by atoms with Crippen LogP contribution in [0, 0.1) is 10.7 Å². The Balaban J connectivity index is 2.05. The van der Waals surface area contributed by atoms with Crippen molar-refractivity contribution in [2.45, 2.75) is 24.9 Å². The lowest BCUT2D eigenvalue weighted by Gasteiger charge is -2.13. The van der Waals surface area contributed by atoms with Gasteiger partial charge in [-0.25, -0.2) is 4.98 Å². The first-order valence-corrected chi connectivity index (χ1v) is 6.07. The maximum atomic E-state index is 13.3. The van der Waals surface area contributed by atoms with E-state index >= 15 is 0 Å².